The van der Waals surface area contributed by atoms with E-state index < -0.39 is 0 Å². The molecule has 0 spiro atoms. The maximum atomic E-state index is 12.6. The van der Waals surface area contributed by atoms with Crippen LogP contribution in [0.3, 0.4) is 0 Å². The summed E-state index contributed by atoms with van der Waals surface area (Å²) in [4.78, 5) is 21.3. The molecule has 0 saturated carbocycles. The van der Waals surface area contributed by atoms with Gasteiger partial charge in [-0.2, -0.15) is 0 Å². The van der Waals surface area contributed by atoms with Crippen LogP contribution in [0.25, 0.3) is 0 Å². The Morgan fingerprint density at radius 1 is 1.30 bits per heavy atom. The van der Waals surface area contributed by atoms with E-state index in [4.69, 9.17) is 5.73 Å². The molecular formula is C15H22N4O. The highest BCUT2D eigenvalue weighted by atomic mass is 16.2. The Labute approximate surface area is 119 Å². The van der Waals surface area contributed by atoms with Gasteiger partial charge < -0.3 is 10.6 Å². The molecule has 5 nitrogen and oxygen atoms in total. The molecule has 0 radical (unpaired) electrons. The second kappa shape index (κ2) is 5.89. The van der Waals surface area contributed by atoms with Crippen LogP contribution in [0.4, 0.5) is 0 Å². The second-order valence-corrected chi connectivity index (χ2v) is 5.69. The number of rotatable bonds is 2. The molecule has 0 aromatic carbocycles. The Kier molecular flexibility index (Phi) is 3.98. The highest BCUT2D eigenvalue weighted by Gasteiger charge is 2.31. The number of amides is 1. The van der Waals surface area contributed by atoms with E-state index in [1.54, 1.807) is 12.3 Å². The van der Waals surface area contributed by atoms with Gasteiger partial charge in [0.1, 0.15) is 5.69 Å². The predicted molar refractivity (Wildman–Crippen MR) is 77.2 cm³/mol. The van der Waals surface area contributed by atoms with Gasteiger partial charge in [-0.1, -0.05) is 6.07 Å². The highest BCUT2D eigenvalue weighted by molar-refractivity contribution is 5.92. The number of nitrogens with two attached hydrogens (primary N) is 1. The molecule has 2 aliphatic heterocycles. The summed E-state index contributed by atoms with van der Waals surface area (Å²) in [7, 11) is 0. The monoisotopic (exact) mass is 274 g/mol. The molecular weight excluding hydrogens is 252 g/mol. The van der Waals surface area contributed by atoms with Crippen molar-refractivity contribution in [2.45, 2.75) is 31.8 Å². The Bertz CT molecular complexity index is 473. The van der Waals surface area contributed by atoms with E-state index in [2.05, 4.69) is 9.88 Å². The molecule has 1 atom stereocenters. The van der Waals surface area contributed by atoms with E-state index in [-0.39, 0.29) is 5.91 Å². The fourth-order valence-corrected chi connectivity index (χ4v) is 3.22. The van der Waals surface area contributed by atoms with Gasteiger partial charge in [0.05, 0.1) is 0 Å². The number of nitrogens with zero attached hydrogens (tertiary/aromatic N) is 3. The molecule has 2 fully saturated rings. The van der Waals surface area contributed by atoms with Crippen molar-refractivity contribution in [2.24, 2.45) is 5.73 Å². The first-order chi connectivity index (χ1) is 9.78. The maximum Gasteiger partial charge on any atom is 0.272 e. The molecule has 5 heteroatoms. The molecule has 2 aliphatic rings. The maximum absolute atomic E-state index is 12.6. The number of hydrogen-bond acceptors (Lipinski definition) is 4. The fraction of sp³-hybridized carbons (Fsp3) is 0.600. The lowest BCUT2D eigenvalue weighted by Gasteiger charge is -2.25. The van der Waals surface area contributed by atoms with Gasteiger partial charge in [0.15, 0.2) is 0 Å². The summed E-state index contributed by atoms with van der Waals surface area (Å²) in [5.74, 6) is 0.0577. The van der Waals surface area contributed by atoms with Crippen LogP contribution >= 0.6 is 0 Å². The molecule has 2 saturated heterocycles. The van der Waals surface area contributed by atoms with Gasteiger partial charge in [-0.15, -0.1) is 0 Å². The van der Waals surface area contributed by atoms with Gasteiger partial charge in [0.25, 0.3) is 5.91 Å². The molecule has 108 valence electrons. The van der Waals surface area contributed by atoms with Crippen molar-refractivity contribution < 1.29 is 4.79 Å². The van der Waals surface area contributed by atoms with Crippen molar-refractivity contribution in [2.75, 3.05) is 26.2 Å². The zero-order valence-electron chi connectivity index (χ0n) is 11.8. The van der Waals surface area contributed by atoms with E-state index in [0.717, 1.165) is 31.6 Å². The average Bonchev–Trinajstić information content (AvgIpc) is 2.83. The van der Waals surface area contributed by atoms with Crippen LogP contribution < -0.4 is 5.73 Å². The van der Waals surface area contributed by atoms with Crippen molar-refractivity contribution in [3.05, 3.63) is 29.6 Å². The standard InChI is InChI=1S/C15H22N4O/c16-9-12-4-5-14(17-10-12)15(20)19-8-2-7-18-6-1-3-13(18)11-19/h4-5,10,13H,1-3,6-9,11,16H2. The Morgan fingerprint density at radius 3 is 2.90 bits per heavy atom. The summed E-state index contributed by atoms with van der Waals surface area (Å²) in [6, 6.07) is 4.23. The van der Waals surface area contributed by atoms with Crippen molar-refractivity contribution >= 4 is 5.91 Å². The van der Waals surface area contributed by atoms with E-state index in [1.807, 2.05) is 11.0 Å². The number of pyridine rings is 1. The van der Waals surface area contributed by atoms with E-state index in [9.17, 15) is 4.79 Å². The minimum Gasteiger partial charge on any atom is -0.336 e. The first-order valence-electron chi connectivity index (χ1n) is 7.46. The summed E-state index contributed by atoms with van der Waals surface area (Å²) in [6.45, 7) is 4.46. The number of fused-ring (bicyclic) bond motifs is 1. The minimum absolute atomic E-state index is 0.0577. The predicted octanol–water partition coefficient (Wildman–Crippen LogP) is 0.851. The first kappa shape index (κ1) is 13.5. The fourth-order valence-electron chi connectivity index (χ4n) is 3.22. The summed E-state index contributed by atoms with van der Waals surface area (Å²) in [5.41, 5.74) is 7.05. The quantitative estimate of drug-likeness (QED) is 0.868. The Balaban J connectivity index is 1.71. The van der Waals surface area contributed by atoms with Gasteiger partial charge in [0.2, 0.25) is 0 Å². The first-order valence-corrected chi connectivity index (χ1v) is 7.46. The van der Waals surface area contributed by atoms with Crippen LogP contribution in [0.15, 0.2) is 18.3 Å². The van der Waals surface area contributed by atoms with Gasteiger partial charge in [-0.05, 0) is 37.4 Å². The van der Waals surface area contributed by atoms with Crippen LogP contribution in [0.2, 0.25) is 0 Å². The Hall–Kier alpha value is -1.46. The zero-order chi connectivity index (χ0) is 13.9. The third-order valence-electron chi connectivity index (χ3n) is 4.37. The molecule has 1 unspecified atom stereocenters. The molecule has 1 amide bonds. The van der Waals surface area contributed by atoms with E-state index in [1.165, 1.54) is 19.4 Å². The van der Waals surface area contributed by atoms with Gasteiger partial charge in [0, 0.05) is 38.4 Å². The van der Waals surface area contributed by atoms with Crippen LogP contribution in [-0.4, -0.2) is 52.9 Å². The van der Waals surface area contributed by atoms with Gasteiger partial charge in [-0.25, -0.2) is 0 Å². The topological polar surface area (TPSA) is 62.5 Å². The number of hydrogen-bond donors (Lipinski definition) is 1. The Morgan fingerprint density at radius 2 is 2.15 bits per heavy atom. The van der Waals surface area contributed by atoms with Crippen LogP contribution in [0, 0.1) is 0 Å². The normalized spacial score (nSPS) is 23.4. The van der Waals surface area contributed by atoms with E-state index >= 15 is 0 Å². The highest BCUT2D eigenvalue weighted by Crippen LogP contribution is 2.22. The van der Waals surface area contributed by atoms with Gasteiger partial charge in [-0.3, -0.25) is 14.7 Å². The van der Waals surface area contributed by atoms with E-state index in [0.29, 0.717) is 18.3 Å². The third kappa shape index (κ3) is 2.69. The van der Waals surface area contributed by atoms with Crippen molar-refractivity contribution in [3.63, 3.8) is 0 Å². The number of aromatic nitrogens is 1. The summed E-state index contributed by atoms with van der Waals surface area (Å²) in [6.07, 6.45) is 5.23. The van der Waals surface area contributed by atoms with Crippen LogP contribution in [0.5, 0.6) is 0 Å². The molecule has 0 bridgehead atoms. The summed E-state index contributed by atoms with van der Waals surface area (Å²) >= 11 is 0. The largest absolute Gasteiger partial charge is 0.336 e. The zero-order valence-corrected chi connectivity index (χ0v) is 11.8. The van der Waals surface area contributed by atoms with Gasteiger partial charge >= 0.3 is 0 Å². The van der Waals surface area contributed by atoms with Crippen molar-refractivity contribution in [3.8, 4) is 0 Å². The van der Waals surface area contributed by atoms with Crippen LogP contribution in [0.1, 0.15) is 35.3 Å². The molecule has 1 aromatic heterocycles. The second-order valence-electron chi connectivity index (χ2n) is 5.69. The SMILES string of the molecule is NCc1ccc(C(=O)N2CCCN3CCCC3C2)nc1. The lowest BCUT2D eigenvalue weighted by molar-refractivity contribution is 0.0737. The molecule has 1 aromatic rings. The molecule has 3 heterocycles. The lowest BCUT2D eigenvalue weighted by Crippen LogP contribution is -2.39. The third-order valence-corrected chi connectivity index (χ3v) is 4.37. The molecule has 3 rings (SSSR count). The summed E-state index contributed by atoms with van der Waals surface area (Å²) in [5, 5.41) is 0. The smallest absolute Gasteiger partial charge is 0.272 e. The molecule has 0 aliphatic carbocycles. The lowest BCUT2D eigenvalue weighted by atomic mass is 10.2. The van der Waals surface area contributed by atoms with Crippen LogP contribution in [-0.2, 0) is 6.54 Å². The average molecular weight is 274 g/mol. The molecule has 2 N–H and O–H groups in total. The van der Waals surface area contributed by atoms with Crippen molar-refractivity contribution in [1.82, 2.24) is 14.8 Å². The van der Waals surface area contributed by atoms with Crippen molar-refractivity contribution in [1.29, 1.82) is 0 Å². The summed E-state index contributed by atoms with van der Waals surface area (Å²) < 4.78 is 0. The minimum atomic E-state index is 0.0577. The number of carbonyl (C=O) groups excluding carboxylic acids is 1. The number of carbonyl (C=O) groups is 1. The molecule has 20 heavy (non-hydrogen) atoms.